The largest absolute Gasteiger partial charge is 0.465 e. The molecule has 0 aliphatic rings. The highest BCUT2D eigenvalue weighted by Crippen LogP contribution is 2.19. The summed E-state index contributed by atoms with van der Waals surface area (Å²) in [5.41, 5.74) is -0.261. The molecule has 2 rings (SSSR count). The summed E-state index contributed by atoms with van der Waals surface area (Å²) in [6, 6.07) is 9.27. The van der Waals surface area contributed by atoms with Crippen molar-refractivity contribution in [2.45, 2.75) is 5.75 Å². The van der Waals surface area contributed by atoms with Gasteiger partial charge < -0.3 is 13.9 Å². The third-order valence-corrected chi connectivity index (χ3v) is 3.82. The summed E-state index contributed by atoms with van der Waals surface area (Å²) in [5.74, 6) is -1.57. The third kappa shape index (κ3) is 3.95. The number of aromatic amines is 1. The average Bonchev–Trinajstić information content (AvgIpc) is 2.46. The van der Waals surface area contributed by atoms with Gasteiger partial charge in [0.1, 0.15) is 11.3 Å². The Morgan fingerprint density at radius 2 is 1.91 bits per heavy atom. The second-order valence-electron chi connectivity index (χ2n) is 4.34. The highest BCUT2D eigenvalue weighted by molar-refractivity contribution is 7.86. The minimum Gasteiger partial charge on any atom is -0.465 e. The first-order chi connectivity index (χ1) is 10.4. The highest BCUT2D eigenvalue weighted by Gasteiger charge is 2.20. The molecule has 0 aliphatic heterocycles. The van der Waals surface area contributed by atoms with Gasteiger partial charge >= 0.3 is 16.1 Å². The Morgan fingerprint density at radius 3 is 2.55 bits per heavy atom. The van der Waals surface area contributed by atoms with Crippen molar-refractivity contribution in [1.29, 1.82) is 0 Å². The maximum atomic E-state index is 12.1. The minimum atomic E-state index is -4.03. The number of nitrogens with one attached hydrogen (secondary N) is 1. The number of rotatable bonds is 5. The Morgan fingerprint density at radius 1 is 1.23 bits per heavy atom. The molecule has 116 valence electrons. The normalized spacial score (nSPS) is 11.0. The molecule has 8 heteroatoms. The number of pyridine rings is 1. The van der Waals surface area contributed by atoms with Crippen LogP contribution in [0.1, 0.15) is 15.9 Å². The van der Waals surface area contributed by atoms with E-state index in [0.717, 1.165) is 19.4 Å². The zero-order valence-electron chi connectivity index (χ0n) is 11.6. The molecule has 7 nitrogen and oxygen atoms in total. The monoisotopic (exact) mass is 323 g/mol. The van der Waals surface area contributed by atoms with E-state index >= 15 is 0 Å². The highest BCUT2D eigenvalue weighted by atomic mass is 32.2. The number of esters is 1. The lowest BCUT2D eigenvalue weighted by Crippen LogP contribution is -2.17. The van der Waals surface area contributed by atoms with Crippen molar-refractivity contribution in [3.63, 3.8) is 0 Å². The van der Waals surface area contributed by atoms with Crippen molar-refractivity contribution in [2.75, 3.05) is 7.11 Å². The molecule has 0 spiro atoms. The van der Waals surface area contributed by atoms with Gasteiger partial charge in [-0.2, -0.15) is 8.42 Å². The molecule has 0 amide bonds. The third-order valence-electron chi connectivity index (χ3n) is 2.69. The first kappa shape index (κ1) is 15.8. The van der Waals surface area contributed by atoms with Crippen LogP contribution in [-0.4, -0.2) is 26.5 Å². The first-order valence-electron chi connectivity index (χ1n) is 6.18. The van der Waals surface area contributed by atoms with Gasteiger partial charge in [0.05, 0.1) is 7.11 Å². The van der Waals surface area contributed by atoms with Gasteiger partial charge in [-0.1, -0.05) is 30.3 Å². The van der Waals surface area contributed by atoms with Crippen LogP contribution in [0, 0.1) is 0 Å². The molecule has 0 radical (unpaired) electrons. The van der Waals surface area contributed by atoms with Crippen LogP contribution in [0.5, 0.6) is 5.75 Å². The summed E-state index contributed by atoms with van der Waals surface area (Å²) in [6.45, 7) is 0. The van der Waals surface area contributed by atoms with Crippen LogP contribution >= 0.6 is 0 Å². The Bertz CT molecular complexity index is 826. The maximum absolute atomic E-state index is 12.1. The summed E-state index contributed by atoms with van der Waals surface area (Å²) >= 11 is 0. The van der Waals surface area contributed by atoms with E-state index in [-0.39, 0.29) is 17.1 Å². The molecule has 0 fully saturated rings. The van der Waals surface area contributed by atoms with Gasteiger partial charge in [-0.05, 0) is 5.56 Å². The summed E-state index contributed by atoms with van der Waals surface area (Å²) in [5, 5.41) is 0. The zero-order valence-corrected chi connectivity index (χ0v) is 12.4. The number of hydrogen-bond acceptors (Lipinski definition) is 6. The van der Waals surface area contributed by atoms with Crippen LogP contribution < -0.4 is 9.74 Å². The SMILES string of the molecule is COC(=O)c1c[nH]c(=O)cc1OS(=O)(=O)Cc1ccccc1. The number of methoxy groups -OCH3 is 1. The van der Waals surface area contributed by atoms with Gasteiger partial charge in [-0.3, -0.25) is 4.79 Å². The molecule has 0 saturated carbocycles. The molecule has 0 saturated heterocycles. The van der Waals surface area contributed by atoms with E-state index in [1.165, 1.54) is 0 Å². The maximum Gasteiger partial charge on any atom is 0.343 e. The molecule has 1 N–H and O–H groups in total. The Hall–Kier alpha value is -2.61. The lowest BCUT2D eigenvalue weighted by Gasteiger charge is -2.09. The van der Waals surface area contributed by atoms with Crippen LogP contribution in [0.15, 0.2) is 47.4 Å². The quantitative estimate of drug-likeness (QED) is 0.652. The summed E-state index contributed by atoms with van der Waals surface area (Å²) in [6.07, 6.45) is 1.04. The van der Waals surface area contributed by atoms with Crippen LogP contribution in [0.2, 0.25) is 0 Å². The van der Waals surface area contributed by atoms with Crippen LogP contribution in [0.25, 0.3) is 0 Å². The van der Waals surface area contributed by atoms with E-state index < -0.39 is 21.6 Å². The number of ether oxygens (including phenoxy) is 1. The summed E-state index contributed by atoms with van der Waals surface area (Å²) in [7, 11) is -2.89. The van der Waals surface area contributed by atoms with Crippen LogP contribution in [0.4, 0.5) is 0 Å². The summed E-state index contributed by atoms with van der Waals surface area (Å²) < 4.78 is 33.5. The van der Waals surface area contributed by atoms with Crippen molar-refractivity contribution in [3.05, 3.63) is 64.1 Å². The molecule has 1 aromatic carbocycles. The van der Waals surface area contributed by atoms with Gasteiger partial charge in [0.25, 0.3) is 5.56 Å². The fourth-order valence-corrected chi connectivity index (χ4v) is 2.81. The number of benzene rings is 1. The molecule has 0 bridgehead atoms. The Balaban J connectivity index is 2.31. The minimum absolute atomic E-state index is 0.182. The molecule has 1 heterocycles. The molecule has 1 aromatic heterocycles. The zero-order chi connectivity index (χ0) is 16.2. The number of aromatic nitrogens is 1. The molecule has 22 heavy (non-hydrogen) atoms. The second kappa shape index (κ2) is 6.44. The molecule has 0 atom stereocenters. The number of H-pyrrole nitrogens is 1. The molecular formula is C14H13NO6S. The van der Waals surface area contributed by atoms with E-state index in [4.69, 9.17) is 4.18 Å². The van der Waals surface area contributed by atoms with E-state index in [9.17, 15) is 18.0 Å². The summed E-state index contributed by atoms with van der Waals surface area (Å²) in [4.78, 5) is 25.1. The van der Waals surface area contributed by atoms with Crippen molar-refractivity contribution >= 4 is 16.1 Å². The van der Waals surface area contributed by atoms with Gasteiger partial charge in [-0.25, -0.2) is 4.79 Å². The van der Waals surface area contributed by atoms with E-state index in [1.54, 1.807) is 30.3 Å². The predicted octanol–water partition coefficient (Wildman–Crippen LogP) is 1.07. The van der Waals surface area contributed by atoms with Gasteiger partial charge in [0.15, 0.2) is 5.75 Å². The standard InChI is InChI=1S/C14H13NO6S/c1-20-14(17)11-8-15-13(16)7-12(11)21-22(18,19)9-10-5-3-2-4-6-10/h2-8H,9H2,1H3,(H,15,16). The van der Waals surface area contributed by atoms with Crippen molar-refractivity contribution < 1.29 is 22.1 Å². The number of carbonyl (C=O) groups excluding carboxylic acids is 1. The number of carbonyl (C=O) groups is 1. The average molecular weight is 323 g/mol. The topological polar surface area (TPSA) is 103 Å². The smallest absolute Gasteiger partial charge is 0.343 e. The Labute approximate surface area is 126 Å². The van der Waals surface area contributed by atoms with Crippen molar-refractivity contribution in [2.24, 2.45) is 0 Å². The number of hydrogen-bond donors (Lipinski definition) is 1. The Kier molecular flexibility index (Phi) is 4.62. The lowest BCUT2D eigenvalue weighted by molar-refractivity contribution is 0.0598. The fraction of sp³-hybridized carbons (Fsp3) is 0.143. The fourth-order valence-electron chi connectivity index (χ4n) is 1.74. The van der Waals surface area contributed by atoms with Crippen molar-refractivity contribution in [1.82, 2.24) is 4.98 Å². The molecule has 2 aromatic rings. The lowest BCUT2D eigenvalue weighted by atomic mass is 10.2. The van der Waals surface area contributed by atoms with Gasteiger partial charge in [0.2, 0.25) is 0 Å². The van der Waals surface area contributed by atoms with Crippen molar-refractivity contribution in [3.8, 4) is 5.75 Å². The van der Waals surface area contributed by atoms with Gasteiger partial charge in [-0.15, -0.1) is 0 Å². The molecule has 0 unspecified atom stereocenters. The van der Waals surface area contributed by atoms with Crippen LogP contribution in [0.3, 0.4) is 0 Å². The first-order valence-corrected chi connectivity index (χ1v) is 7.76. The van der Waals surface area contributed by atoms with E-state index in [2.05, 4.69) is 9.72 Å². The van der Waals surface area contributed by atoms with Crippen LogP contribution in [-0.2, 0) is 20.6 Å². The van der Waals surface area contributed by atoms with Gasteiger partial charge in [0, 0.05) is 12.3 Å². The molecule has 0 aliphatic carbocycles. The van der Waals surface area contributed by atoms with E-state index in [0.29, 0.717) is 5.56 Å². The second-order valence-corrected chi connectivity index (χ2v) is 5.91. The predicted molar refractivity (Wildman–Crippen MR) is 78.1 cm³/mol. The molecular weight excluding hydrogens is 310 g/mol. The van der Waals surface area contributed by atoms with E-state index in [1.807, 2.05) is 0 Å².